The van der Waals surface area contributed by atoms with Crippen LogP contribution in [0.5, 0.6) is 0 Å². The van der Waals surface area contributed by atoms with Gasteiger partial charge < -0.3 is 5.73 Å². The Morgan fingerprint density at radius 3 is 2.23 bits per heavy atom. The third-order valence-electron chi connectivity index (χ3n) is 1.87. The SMILES string of the molecule is CCNS(=O)(=O)NC(C)(C)C(C)N. The maximum Gasteiger partial charge on any atom is 0.277 e. The molecule has 5 nitrogen and oxygen atoms in total. The van der Waals surface area contributed by atoms with Crippen LogP contribution in [0.15, 0.2) is 0 Å². The van der Waals surface area contributed by atoms with Gasteiger partial charge in [0.15, 0.2) is 0 Å². The summed E-state index contributed by atoms with van der Waals surface area (Å²) in [4.78, 5) is 0. The Bertz CT molecular complexity index is 246. The van der Waals surface area contributed by atoms with E-state index in [0.29, 0.717) is 6.54 Å². The third-order valence-corrected chi connectivity index (χ3v) is 3.33. The lowest BCUT2D eigenvalue weighted by atomic mass is 9.99. The molecule has 4 N–H and O–H groups in total. The number of hydrogen-bond acceptors (Lipinski definition) is 3. The zero-order valence-electron chi connectivity index (χ0n) is 8.59. The fraction of sp³-hybridized carbons (Fsp3) is 1.00. The van der Waals surface area contributed by atoms with E-state index in [1.807, 2.05) is 0 Å². The second-order valence-corrected chi connectivity index (χ2v) is 5.11. The molecule has 0 aromatic carbocycles. The molecule has 0 saturated carbocycles. The second-order valence-electron chi connectivity index (χ2n) is 3.61. The van der Waals surface area contributed by atoms with Crippen LogP contribution in [0.4, 0.5) is 0 Å². The van der Waals surface area contributed by atoms with E-state index in [1.54, 1.807) is 27.7 Å². The van der Waals surface area contributed by atoms with Crippen molar-refractivity contribution in [3.8, 4) is 0 Å². The first-order valence-electron chi connectivity index (χ1n) is 4.25. The van der Waals surface area contributed by atoms with E-state index in [-0.39, 0.29) is 6.04 Å². The lowest BCUT2D eigenvalue weighted by Gasteiger charge is -2.29. The van der Waals surface area contributed by atoms with Gasteiger partial charge in [-0.05, 0) is 20.8 Å². The first kappa shape index (κ1) is 12.8. The Balaban J connectivity index is 4.43. The molecule has 0 aliphatic rings. The van der Waals surface area contributed by atoms with Gasteiger partial charge in [0.05, 0.1) is 0 Å². The number of rotatable bonds is 5. The van der Waals surface area contributed by atoms with Crippen LogP contribution in [0.3, 0.4) is 0 Å². The average molecular weight is 209 g/mol. The van der Waals surface area contributed by atoms with E-state index < -0.39 is 15.7 Å². The highest BCUT2D eigenvalue weighted by molar-refractivity contribution is 7.87. The summed E-state index contributed by atoms with van der Waals surface area (Å²) in [5.41, 5.74) is 4.98. The van der Waals surface area contributed by atoms with E-state index in [2.05, 4.69) is 9.44 Å². The Morgan fingerprint density at radius 2 is 1.92 bits per heavy atom. The van der Waals surface area contributed by atoms with E-state index in [9.17, 15) is 8.42 Å². The van der Waals surface area contributed by atoms with Gasteiger partial charge in [-0.1, -0.05) is 6.92 Å². The van der Waals surface area contributed by atoms with E-state index >= 15 is 0 Å². The molecule has 0 bridgehead atoms. The Hall–Kier alpha value is -0.170. The van der Waals surface area contributed by atoms with Crippen molar-refractivity contribution in [2.75, 3.05) is 6.54 Å². The second kappa shape index (κ2) is 4.36. The van der Waals surface area contributed by atoms with Crippen molar-refractivity contribution in [1.29, 1.82) is 0 Å². The van der Waals surface area contributed by atoms with Crippen molar-refractivity contribution in [1.82, 2.24) is 9.44 Å². The molecule has 0 aromatic rings. The van der Waals surface area contributed by atoms with Gasteiger partial charge in [0.2, 0.25) is 0 Å². The minimum absolute atomic E-state index is 0.249. The molecule has 0 amide bonds. The molecule has 6 heteroatoms. The topological polar surface area (TPSA) is 84.2 Å². The minimum Gasteiger partial charge on any atom is -0.326 e. The monoisotopic (exact) mass is 209 g/mol. The van der Waals surface area contributed by atoms with E-state index in [1.165, 1.54) is 0 Å². The van der Waals surface area contributed by atoms with Gasteiger partial charge in [-0.15, -0.1) is 0 Å². The summed E-state index contributed by atoms with van der Waals surface area (Å²) in [6.07, 6.45) is 0. The van der Waals surface area contributed by atoms with Gasteiger partial charge in [-0.3, -0.25) is 0 Å². The minimum atomic E-state index is -3.41. The first-order chi connectivity index (χ1) is 5.71. The van der Waals surface area contributed by atoms with E-state index in [0.717, 1.165) is 0 Å². The van der Waals surface area contributed by atoms with Crippen LogP contribution in [0.25, 0.3) is 0 Å². The predicted octanol–water partition coefficient (Wildman–Crippen LogP) is -0.444. The summed E-state index contributed by atoms with van der Waals surface area (Å²) in [6.45, 7) is 7.33. The smallest absolute Gasteiger partial charge is 0.277 e. The Kier molecular flexibility index (Phi) is 4.31. The summed E-state index contributed by atoms with van der Waals surface area (Å²) >= 11 is 0. The van der Waals surface area contributed by atoms with Crippen molar-refractivity contribution in [3.05, 3.63) is 0 Å². The number of nitrogens with one attached hydrogen (secondary N) is 2. The lowest BCUT2D eigenvalue weighted by Crippen LogP contribution is -2.57. The molecule has 1 atom stereocenters. The van der Waals surface area contributed by atoms with E-state index in [4.69, 9.17) is 5.73 Å². The molecule has 0 spiro atoms. The standard InChI is InChI=1S/C7H19N3O2S/c1-5-9-13(11,12)10-7(3,4)6(2)8/h6,9-10H,5,8H2,1-4H3. The van der Waals surface area contributed by atoms with Crippen molar-refractivity contribution in [2.45, 2.75) is 39.3 Å². The highest BCUT2D eigenvalue weighted by atomic mass is 32.2. The molecule has 1 unspecified atom stereocenters. The molecule has 13 heavy (non-hydrogen) atoms. The zero-order chi connectivity index (χ0) is 10.7. The maximum absolute atomic E-state index is 11.3. The lowest BCUT2D eigenvalue weighted by molar-refractivity contribution is 0.385. The molecular formula is C7H19N3O2S. The fourth-order valence-corrected chi connectivity index (χ4v) is 2.00. The van der Waals surface area contributed by atoms with Crippen LogP contribution in [-0.4, -0.2) is 26.5 Å². The maximum atomic E-state index is 11.3. The van der Waals surface area contributed by atoms with Crippen LogP contribution < -0.4 is 15.2 Å². The Morgan fingerprint density at radius 1 is 1.46 bits per heavy atom. The molecule has 0 aromatic heterocycles. The van der Waals surface area contributed by atoms with Gasteiger partial charge in [-0.25, -0.2) is 4.72 Å². The van der Waals surface area contributed by atoms with Gasteiger partial charge in [0.25, 0.3) is 10.2 Å². The molecule has 0 radical (unpaired) electrons. The van der Waals surface area contributed by atoms with Crippen molar-refractivity contribution in [2.24, 2.45) is 5.73 Å². The number of hydrogen-bond donors (Lipinski definition) is 3. The van der Waals surface area contributed by atoms with Crippen LogP contribution in [0.2, 0.25) is 0 Å². The summed E-state index contributed by atoms with van der Waals surface area (Å²) in [5, 5.41) is 0. The first-order valence-corrected chi connectivity index (χ1v) is 5.73. The zero-order valence-corrected chi connectivity index (χ0v) is 9.40. The summed E-state index contributed by atoms with van der Waals surface area (Å²) in [6, 6.07) is -0.249. The van der Waals surface area contributed by atoms with Crippen LogP contribution in [0.1, 0.15) is 27.7 Å². The molecule has 0 aliphatic carbocycles. The highest BCUT2D eigenvalue weighted by Crippen LogP contribution is 2.07. The molecular weight excluding hydrogens is 190 g/mol. The molecule has 0 fully saturated rings. The summed E-state index contributed by atoms with van der Waals surface area (Å²) < 4.78 is 27.4. The fourth-order valence-electron chi connectivity index (χ4n) is 0.665. The van der Waals surface area contributed by atoms with Crippen LogP contribution in [0, 0.1) is 0 Å². The summed E-state index contributed by atoms with van der Waals surface area (Å²) in [7, 11) is -3.41. The highest BCUT2D eigenvalue weighted by Gasteiger charge is 2.27. The Labute approximate surface area is 80.3 Å². The van der Waals surface area contributed by atoms with Gasteiger partial charge in [0, 0.05) is 18.1 Å². The van der Waals surface area contributed by atoms with Gasteiger partial charge in [0.1, 0.15) is 0 Å². The van der Waals surface area contributed by atoms with Crippen molar-refractivity contribution in [3.63, 3.8) is 0 Å². The largest absolute Gasteiger partial charge is 0.326 e. The van der Waals surface area contributed by atoms with Crippen molar-refractivity contribution < 1.29 is 8.42 Å². The molecule has 0 saturated heterocycles. The average Bonchev–Trinajstić information content (AvgIpc) is 1.83. The van der Waals surface area contributed by atoms with Crippen molar-refractivity contribution >= 4 is 10.2 Å². The van der Waals surface area contributed by atoms with Crippen LogP contribution >= 0.6 is 0 Å². The molecule has 0 heterocycles. The number of nitrogens with two attached hydrogens (primary N) is 1. The van der Waals surface area contributed by atoms with Gasteiger partial charge in [-0.2, -0.15) is 13.1 Å². The predicted molar refractivity (Wildman–Crippen MR) is 53.5 cm³/mol. The van der Waals surface area contributed by atoms with Crippen LogP contribution in [-0.2, 0) is 10.2 Å². The normalized spacial score (nSPS) is 15.8. The quantitative estimate of drug-likeness (QED) is 0.573. The summed E-state index contributed by atoms with van der Waals surface area (Å²) in [5.74, 6) is 0. The molecule has 0 aliphatic heterocycles. The molecule has 0 rings (SSSR count). The molecule has 80 valence electrons. The third kappa shape index (κ3) is 4.56. The van der Waals surface area contributed by atoms with Gasteiger partial charge >= 0.3 is 0 Å².